The summed E-state index contributed by atoms with van der Waals surface area (Å²) in [7, 11) is 0. The first-order valence-electron chi connectivity index (χ1n) is 2.91. The van der Waals surface area contributed by atoms with E-state index in [0.717, 1.165) is 0 Å². The first-order chi connectivity index (χ1) is 5.24. The van der Waals surface area contributed by atoms with E-state index in [1.54, 1.807) is 24.3 Å². The number of benzene rings is 1. The summed E-state index contributed by atoms with van der Waals surface area (Å²) >= 11 is 2.81. The average Bonchev–Trinajstić information content (AvgIpc) is 2.05. The maximum absolute atomic E-state index is 10.7. The maximum Gasteiger partial charge on any atom is 0.227 e. The molecule has 1 rings (SSSR count). The minimum Gasteiger partial charge on any atom is -0.281 e. The van der Waals surface area contributed by atoms with Gasteiger partial charge in [-0.25, -0.2) is 4.85 Å². The molecule has 2 nitrogen and oxygen atoms in total. The van der Waals surface area contributed by atoms with E-state index >= 15 is 0 Å². The van der Waals surface area contributed by atoms with Crippen LogP contribution in [-0.4, -0.2) is 4.69 Å². The Morgan fingerprint density at radius 3 is 2.27 bits per heavy atom. The molecule has 1 aromatic rings. The van der Waals surface area contributed by atoms with E-state index in [1.807, 2.05) is 0 Å². The molecule has 0 radical (unpaired) electrons. The SMILES string of the molecule is [C-]#[N+]c1ccc(C(=O)Br)cc1. The standard InChI is InChI=1S/C8H4BrNO/c1-10-7-4-2-6(3-5-7)8(9)11/h2-5H. The highest BCUT2D eigenvalue weighted by molar-refractivity contribution is 9.18. The molecule has 0 saturated carbocycles. The summed E-state index contributed by atoms with van der Waals surface area (Å²) in [6.45, 7) is 6.65. The first-order valence-corrected chi connectivity index (χ1v) is 3.70. The van der Waals surface area contributed by atoms with Crippen molar-refractivity contribution in [2.75, 3.05) is 0 Å². The first kappa shape index (κ1) is 7.96. The second-order valence-corrected chi connectivity index (χ2v) is 2.65. The van der Waals surface area contributed by atoms with Gasteiger partial charge in [0.05, 0.1) is 6.57 Å². The molecule has 0 bridgehead atoms. The molecule has 11 heavy (non-hydrogen) atoms. The molecular formula is C8H4BrNO. The number of hydrogen-bond acceptors (Lipinski definition) is 1. The Balaban J connectivity index is 3.03. The fourth-order valence-electron chi connectivity index (χ4n) is 0.667. The molecule has 3 heteroatoms. The third-order valence-corrected chi connectivity index (χ3v) is 1.68. The lowest BCUT2D eigenvalue weighted by Gasteiger charge is -1.91. The van der Waals surface area contributed by atoms with Crippen molar-refractivity contribution in [3.63, 3.8) is 0 Å². The molecule has 0 aliphatic rings. The second-order valence-electron chi connectivity index (χ2n) is 1.93. The molecule has 0 atom stereocenters. The van der Waals surface area contributed by atoms with Gasteiger partial charge >= 0.3 is 0 Å². The van der Waals surface area contributed by atoms with Crippen LogP contribution < -0.4 is 0 Å². The van der Waals surface area contributed by atoms with Crippen LogP contribution in [0.2, 0.25) is 0 Å². The molecule has 0 spiro atoms. The quantitative estimate of drug-likeness (QED) is 0.515. The number of carbonyl (C=O) groups is 1. The monoisotopic (exact) mass is 209 g/mol. The van der Waals surface area contributed by atoms with Gasteiger partial charge < -0.3 is 0 Å². The molecule has 0 amide bonds. The summed E-state index contributed by atoms with van der Waals surface area (Å²) in [5, 5.41) is 0. The average molecular weight is 210 g/mol. The van der Waals surface area contributed by atoms with Crippen molar-refractivity contribution in [1.29, 1.82) is 0 Å². The van der Waals surface area contributed by atoms with Crippen molar-refractivity contribution in [2.45, 2.75) is 0 Å². The van der Waals surface area contributed by atoms with Crippen molar-refractivity contribution >= 4 is 26.3 Å². The third kappa shape index (κ3) is 1.89. The zero-order valence-corrected chi connectivity index (χ0v) is 7.13. The van der Waals surface area contributed by atoms with Crippen molar-refractivity contribution < 1.29 is 4.79 Å². The Labute approximate surface area is 72.8 Å². The molecule has 0 aliphatic heterocycles. The van der Waals surface area contributed by atoms with Crippen LogP contribution in [-0.2, 0) is 0 Å². The topological polar surface area (TPSA) is 21.4 Å². The largest absolute Gasteiger partial charge is 0.281 e. The molecular weight excluding hydrogens is 206 g/mol. The fraction of sp³-hybridized carbons (Fsp3) is 0. The van der Waals surface area contributed by atoms with E-state index in [9.17, 15) is 4.79 Å². The molecule has 0 unspecified atom stereocenters. The van der Waals surface area contributed by atoms with E-state index in [-0.39, 0.29) is 4.69 Å². The zero-order valence-electron chi connectivity index (χ0n) is 5.54. The Hall–Kier alpha value is -1.14. The van der Waals surface area contributed by atoms with Gasteiger partial charge in [-0.3, -0.25) is 4.79 Å². The second kappa shape index (κ2) is 3.31. The van der Waals surface area contributed by atoms with Crippen molar-refractivity contribution in [2.24, 2.45) is 0 Å². The van der Waals surface area contributed by atoms with Crippen LogP contribution in [0.3, 0.4) is 0 Å². The molecule has 0 fully saturated rings. The van der Waals surface area contributed by atoms with E-state index in [2.05, 4.69) is 20.8 Å². The van der Waals surface area contributed by atoms with Crippen LogP contribution in [0.25, 0.3) is 4.85 Å². The van der Waals surface area contributed by atoms with Crippen LogP contribution >= 0.6 is 15.9 Å². The summed E-state index contributed by atoms with van der Waals surface area (Å²) in [5.74, 6) is 0. The highest BCUT2D eigenvalue weighted by Crippen LogP contribution is 2.14. The molecule has 54 valence electrons. The zero-order chi connectivity index (χ0) is 8.27. The molecule has 0 aromatic heterocycles. The van der Waals surface area contributed by atoms with Crippen LogP contribution in [0.5, 0.6) is 0 Å². The Morgan fingerprint density at radius 2 is 1.91 bits per heavy atom. The highest BCUT2D eigenvalue weighted by Gasteiger charge is 1.98. The lowest BCUT2D eigenvalue weighted by molar-refractivity contribution is 0.109. The van der Waals surface area contributed by atoms with Crippen molar-refractivity contribution in [1.82, 2.24) is 0 Å². The van der Waals surface area contributed by atoms with Crippen LogP contribution in [0, 0.1) is 6.57 Å². The lowest BCUT2D eigenvalue weighted by atomic mass is 10.2. The molecule has 0 heterocycles. The number of carbonyl (C=O) groups excluding carboxylic acids is 1. The Kier molecular flexibility index (Phi) is 2.40. The van der Waals surface area contributed by atoms with Gasteiger partial charge in [0.25, 0.3) is 0 Å². The van der Waals surface area contributed by atoms with Gasteiger partial charge in [-0.2, -0.15) is 0 Å². The van der Waals surface area contributed by atoms with Gasteiger partial charge in [-0.15, -0.1) is 0 Å². The van der Waals surface area contributed by atoms with Crippen LogP contribution in [0.1, 0.15) is 10.4 Å². The predicted octanol–water partition coefficient (Wildman–Crippen LogP) is 2.77. The van der Waals surface area contributed by atoms with Gasteiger partial charge in [0, 0.05) is 5.56 Å². The van der Waals surface area contributed by atoms with E-state index in [4.69, 9.17) is 6.57 Å². The summed E-state index contributed by atoms with van der Waals surface area (Å²) in [6, 6.07) is 6.46. The lowest BCUT2D eigenvalue weighted by Crippen LogP contribution is -1.84. The molecule has 1 aromatic carbocycles. The Morgan fingerprint density at radius 1 is 1.36 bits per heavy atom. The van der Waals surface area contributed by atoms with E-state index < -0.39 is 0 Å². The van der Waals surface area contributed by atoms with E-state index in [0.29, 0.717) is 11.3 Å². The molecule has 0 N–H and O–H groups in total. The Bertz CT molecular complexity index is 310. The summed E-state index contributed by atoms with van der Waals surface area (Å²) < 4.78 is -0.158. The van der Waals surface area contributed by atoms with Gasteiger partial charge in [0.2, 0.25) is 4.69 Å². The number of nitrogens with zero attached hydrogens (tertiary/aromatic N) is 1. The van der Waals surface area contributed by atoms with Crippen molar-refractivity contribution in [3.05, 3.63) is 41.2 Å². The maximum atomic E-state index is 10.7. The molecule has 0 aliphatic carbocycles. The van der Waals surface area contributed by atoms with E-state index in [1.165, 1.54) is 0 Å². The minimum atomic E-state index is -0.158. The smallest absolute Gasteiger partial charge is 0.227 e. The molecule has 0 saturated heterocycles. The van der Waals surface area contributed by atoms with Crippen LogP contribution in [0.15, 0.2) is 24.3 Å². The number of rotatable bonds is 1. The van der Waals surface area contributed by atoms with Gasteiger partial charge in [-0.1, -0.05) is 24.3 Å². The van der Waals surface area contributed by atoms with Gasteiger partial charge in [0.1, 0.15) is 0 Å². The summed E-state index contributed by atoms with van der Waals surface area (Å²) in [4.78, 5) is 13.9. The van der Waals surface area contributed by atoms with Crippen LogP contribution in [0.4, 0.5) is 5.69 Å². The minimum absolute atomic E-state index is 0.158. The van der Waals surface area contributed by atoms with Crippen molar-refractivity contribution in [3.8, 4) is 0 Å². The highest BCUT2D eigenvalue weighted by atomic mass is 79.9. The predicted molar refractivity (Wildman–Crippen MR) is 46.0 cm³/mol. The van der Waals surface area contributed by atoms with Gasteiger partial charge in [-0.05, 0) is 15.9 Å². The number of hydrogen-bond donors (Lipinski definition) is 0. The van der Waals surface area contributed by atoms with Gasteiger partial charge in [0.15, 0.2) is 5.69 Å². The fourth-order valence-corrected chi connectivity index (χ4v) is 0.931. The summed E-state index contributed by atoms with van der Waals surface area (Å²) in [5.41, 5.74) is 1.11. The third-order valence-electron chi connectivity index (χ3n) is 1.22. The number of halogens is 1. The summed E-state index contributed by atoms with van der Waals surface area (Å²) in [6.07, 6.45) is 0. The normalized spacial score (nSPS) is 8.73.